The van der Waals surface area contributed by atoms with Crippen LogP contribution in [0.1, 0.15) is 5.56 Å². The molecule has 0 aliphatic heterocycles. The van der Waals surface area contributed by atoms with Gasteiger partial charge in [0.25, 0.3) is 0 Å². The van der Waals surface area contributed by atoms with Crippen LogP contribution in [-0.2, 0) is 0 Å². The minimum atomic E-state index is -0.0832. The van der Waals surface area contributed by atoms with Crippen molar-refractivity contribution in [3.63, 3.8) is 0 Å². The predicted octanol–water partition coefficient (Wildman–Crippen LogP) is 3.19. The van der Waals surface area contributed by atoms with Crippen LogP contribution in [0.15, 0.2) is 28.4 Å². The number of ether oxygens (including phenoxy) is 1. The van der Waals surface area contributed by atoms with E-state index < -0.39 is 0 Å². The third-order valence-electron chi connectivity index (χ3n) is 2.39. The van der Waals surface area contributed by atoms with E-state index in [0.717, 1.165) is 10.3 Å². The molecular weight excluding hydrogens is 268 g/mol. The molecule has 2 rings (SSSR count). The van der Waals surface area contributed by atoms with Gasteiger partial charge in [-0.25, -0.2) is 0 Å². The van der Waals surface area contributed by atoms with Crippen LogP contribution in [-0.4, -0.2) is 12.5 Å². The Bertz CT molecular complexity index is 679. The quantitative estimate of drug-likeness (QED) is 0.623. The summed E-state index contributed by atoms with van der Waals surface area (Å²) >= 11 is 6.91. The highest BCUT2D eigenvalue weighted by atomic mass is 35.5. The summed E-state index contributed by atoms with van der Waals surface area (Å²) in [7, 11) is 0. The molecule has 0 saturated carbocycles. The Balaban J connectivity index is 2.35. The lowest BCUT2D eigenvalue weighted by molar-refractivity contribution is 0.368. The smallest absolute Gasteiger partial charge is 0.229 e. The first-order valence-electron chi connectivity index (χ1n) is 5.39. The summed E-state index contributed by atoms with van der Waals surface area (Å²) in [5, 5.41) is 2.42. The first kappa shape index (κ1) is 12.9. The average Bonchev–Trinajstić information content (AvgIpc) is 2.38. The summed E-state index contributed by atoms with van der Waals surface area (Å²) in [6, 6.07) is 5.82. The van der Waals surface area contributed by atoms with Crippen LogP contribution in [0.3, 0.4) is 0 Å². The minimum Gasteiger partial charge on any atom is -0.476 e. The molecule has 0 bridgehead atoms. The minimum absolute atomic E-state index is 0.0832. The second-order valence-corrected chi connectivity index (χ2v) is 4.88. The zero-order chi connectivity index (χ0) is 13.0. The highest BCUT2D eigenvalue weighted by Crippen LogP contribution is 2.21. The molecule has 0 saturated heterocycles. The van der Waals surface area contributed by atoms with Crippen molar-refractivity contribution in [3.8, 4) is 17.6 Å². The average molecular weight is 279 g/mol. The van der Waals surface area contributed by atoms with E-state index >= 15 is 0 Å². The number of hydrogen-bond donors (Lipinski definition) is 0. The van der Waals surface area contributed by atoms with Crippen LogP contribution in [0.5, 0.6) is 5.75 Å². The van der Waals surface area contributed by atoms with Gasteiger partial charge < -0.3 is 4.74 Å². The van der Waals surface area contributed by atoms with Crippen molar-refractivity contribution in [1.82, 2.24) is 0 Å². The Hall–Kier alpha value is -1.50. The summed E-state index contributed by atoms with van der Waals surface area (Å²) in [5.74, 6) is 6.03. The molecule has 0 unspecified atom stereocenters. The molecular formula is C14H11ClO2S. The molecule has 1 aromatic carbocycles. The lowest BCUT2D eigenvalue weighted by atomic mass is 10.2. The molecule has 2 aromatic rings. The van der Waals surface area contributed by atoms with E-state index in [1.54, 1.807) is 5.38 Å². The van der Waals surface area contributed by atoms with Gasteiger partial charge in [0.2, 0.25) is 5.43 Å². The van der Waals surface area contributed by atoms with Crippen LogP contribution < -0.4 is 10.2 Å². The molecule has 0 fully saturated rings. The molecule has 2 nitrogen and oxygen atoms in total. The van der Waals surface area contributed by atoms with Gasteiger partial charge in [-0.05, 0) is 19.1 Å². The molecule has 4 heteroatoms. The Labute approximate surface area is 114 Å². The Kier molecular flexibility index (Phi) is 4.24. The monoisotopic (exact) mass is 278 g/mol. The van der Waals surface area contributed by atoms with Gasteiger partial charge in [-0.3, -0.25) is 4.79 Å². The maximum absolute atomic E-state index is 12.2. The SMILES string of the molecule is Cc1ccc2scc(OCC#CCCl)c(=O)c2c1. The second-order valence-electron chi connectivity index (χ2n) is 3.70. The van der Waals surface area contributed by atoms with Crippen LogP contribution in [0.4, 0.5) is 0 Å². The maximum atomic E-state index is 12.2. The molecule has 0 amide bonds. The van der Waals surface area contributed by atoms with Crippen molar-refractivity contribution in [2.24, 2.45) is 0 Å². The lowest BCUT2D eigenvalue weighted by Gasteiger charge is -2.03. The molecule has 0 aliphatic carbocycles. The molecule has 92 valence electrons. The van der Waals surface area contributed by atoms with E-state index in [1.807, 2.05) is 25.1 Å². The zero-order valence-electron chi connectivity index (χ0n) is 9.83. The fraction of sp³-hybridized carbons (Fsp3) is 0.214. The number of aryl methyl sites for hydroxylation is 1. The van der Waals surface area contributed by atoms with E-state index in [0.29, 0.717) is 11.1 Å². The van der Waals surface area contributed by atoms with Crippen molar-refractivity contribution in [2.75, 3.05) is 12.5 Å². The van der Waals surface area contributed by atoms with E-state index in [2.05, 4.69) is 11.8 Å². The number of fused-ring (bicyclic) bond motifs is 1. The second kappa shape index (κ2) is 5.90. The van der Waals surface area contributed by atoms with Crippen molar-refractivity contribution in [3.05, 3.63) is 39.4 Å². The van der Waals surface area contributed by atoms with Crippen molar-refractivity contribution in [1.29, 1.82) is 0 Å². The fourth-order valence-corrected chi connectivity index (χ4v) is 2.47. The van der Waals surface area contributed by atoms with Gasteiger partial charge in [-0.2, -0.15) is 0 Å². The van der Waals surface area contributed by atoms with E-state index in [4.69, 9.17) is 16.3 Å². The standard InChI is InChI=1S/C14H11ClO2S/c1-10-4-5-13-11(8-10)14(16)12(9-18-13)17-7-3-2-6-15/h4-5,8-9H,6-7H2,1H3. The highest BCUT2D eigenvalue weighted by molar-refractivity contribution is 7.16. The summed E-state index contributed by atoms with van der Waals surface area (Å²) in [6.45, 7) is 2.15. The van der Waals surface area contributed by atoms with Crippen LogP contribution >= 0.6 is 22.9 Å². The maximum Gasteiger partial charge on any atom is 0.229 e. The van der Waals surface area contributed by atoms with Gasteiger partial charge in [0, 0.05) is 15.5 Å². The molecule has 0 spiro atoms. The van der Waals surface area contributed by atoms with Gasteiger partial charge in [-0.1, -0.05) is 23.5 Å². The van der Waals surface area contributed by atoms with E-state index in [-0.39, 0.29) is 17.9 Å². The van der Waals surface area contributed by atoms with Gasteiger partial charge in [0.15, 0.2) is 5.75 Å². The Morgan fingerprint density at radius 2 is 2.22 bits per heavy atom. The van der Waals surface area contributed by atoms with Crippen molar-refractivity contribution >= 4 is 33.0 Å². The van der Waals surface area contributed by atoms with Crippen LogP contribution in [0.2, 0.25) is 0 Å². The first-order chi connectivity index (χ1) is 8.72. The van der Waals surface area contributed by atoms with Crippen molar-refractivity contribution < 1.29 is 4.74 Å². The van der Waals surface area contributed by atoms with E-state index in [1.165, 1.54) is 11.3 Å². The summed E-state index contributed by atoms with van der Waals surface area (Å²) < 4.78 is 6.32. The zero-order valence-corrected chi connectivity index (χ0v) is 11.4. The lowest BCUT2D eigenvalue weighted by Crippen LogP contribution is -2.07. The number of benzene rings is 1. The van der Waals surface area contributed by atoms with Gasteiger partial charge in [0.05, 0.1) is 5.88 Å². The Morgan fingerprint density at radius 3 is 3.00 bits per heavy atom. The molecule has 18 heavy (non-hydrogen) atoms. The number of hydrogen-bond acceptors (Lipinski definition) is 3. The molecule has 0 atom stereocenters. The fourth-order valence-electron chi connectivity index (χ4n) is 1.54. The molecule has 0 aliphatic rings. The molecule has 1 aromatic heterocycles. The van der Waals surface area contributed by atoms with Gasteiger partial charge >= 0.3 is 0 Å². The number of alkyl halides is 1. The van der Waals surface area contributed by atoms with Gasteiger partial charge in [0.1, 0.15) is 6.61 Å². The van der Waals surface area contributed by atoms with Crippen LogP contribution in [0.25, 0.3) is 10.1 Å². The normalized spacial score (nSPS) is 9.89. The summed E-state index contributed by atoms with van der Waals surface area (Å²) in [4.78, 5) is 12.2. The Morgan fingerprint density at radius 1 is 1.39 bits per heavy atom. The summed E-state index contributed by atoms with van der Waals surface area (Å²) in [5.41, 5.74) is 0.978. The predicted molar refractivity (Wildman–Crippen MR) is 76.8 cm³/mol. The third kappa shape index (κ3) is 2.84. The van der Waals surface area contributed by atoms with E-state index in [9.17, 15) is 4.79 Å². The third-order valence-corrected chi connectivity index (χ3v) is 3.46. The largest absolute Gasteiger partial charge is 0.476 e. The van der Waals surface area contributed by atoms with Gasteiger partial charge in [-0.15, -0.1) is 22.9 Å². The topological polar surface area (TPSA) is 26.3 Å². The molecule has 1 heterocycles. The summed E-state index contributed by atoms with van der Waals surface area (Å²) in [6.07, 6.45) is 0. The highest BCUT2D eigenvalue weighted by Gasteiger charge is 2.05. The van der Waals surface area contributed by atoms with Crippen LogP contribution in [0, 0.1) is 18.8 Å². The molecule has 0 radical (unpaired) electrons. The molecule has 0 N–H and O–H groups in total. The number of halogens is 1. The number of rotatable bonds is 2. The van der Waals surface area contributed by atoms with Crippen molar-refractivity contribution in [2.45, 2.75) is 6.92 Å². The first-order valence-corrected chi connectivity index (χ1v) is 6.80.